The summed E-state index contributed by atoms with van der Waals surface area (Å²) in [5.41, 5.74) is 4.95. The summed E-state index contributed by atoms with van der Waals surface area (Å²) in [7, 11) is -3.51. The van der Waals surface area contributed by atoms with E-state index in [9.17, 15) is 13.2 Å². The minimum atomic E-state index is -3.51. The summed E-state index contributed by atoms with van der Waals surface area (Å²) in [4.78, 5) is 10.8. The van der Waals surface area contributed by atoms with Crippen molar-refractivity contribution < 1.29 is 22.7 Å². The van der Waals surface area contributed by atoms with E-state index in [1.54, 1.807) is 12.1 Å². The number of rotatable bonds is 7. The van der Waals surface area contributed by atoms with E-state index in [2.05, 4.69) is 0 Å². The Kier molecular flexibility index (Phi) is 4.06. The first kappa shape index (κ1) is 13.8. The van der Waals surface area contributed by atoms with Crippen LogP contribution in [0.2, 0.25) is 0 Å². The molecule has 1 aliphatic rings. The molecule has 1 aromatic rings. The van der Waals surface area contributed by atoms with E-state index in [4.69, 9.17) is 15.2 Å². The monoisotopic (exact) mass is 285 g/mol. The second-order valence-corrected chi connectivity index (χ2v) is 6.39. The average Bonchev–Trinajstić information content (AvgIpc) is 3.18. The molecule has 1 saturated heterocycles. The number of amides is 1. The SMILES string of the molecule is NC(=O)CCS(=O)(=O)c1cccc(OC[C@@H]2CO2)c1. The summed E-state index contributed by atoms with van der Waals surface area (Å²) in [6.45, 7) is 1.08. The highest BCUT2D eigenvalue weighted by molar-refractivity contribution is 7.91. The summed E-state index contributed by atoms with van der Waals surface area (Å²) in [6.07, 6.45) is -0.0845. The third-order valence-electron chi connectivity index (χ3n) is 2.62. The van der Waals surface area contributed by atoms with E-state index in [0.717, 1.165) is 0 Å². The largest absolute Gasteiger partial charge is 0.491 e. The molecule has 1 aliphatic heterocycles. The van der Waals surface area contributed by atoms with Crippen molar-refractivity contribution in [2.75, 3.05) is 19.0 Å². The predicted molar refractivity (Wildman–Crippen MR) is 67.5 cm³/mol. The van der Waals surface area contributed by atoms with Crippen LogP contribution < -0.4 is 10.5 Å². The fourth-order valence-corrected chi connectivity index (χ4v) is 2.75. The number of hydrogen-bond acceptors (Lipinski definition) is 5. The fraction of sp³-hybridized carbons (Fsp3) is 0.417. The number of ether oxygens (including phenoxy) is 2. The lowest BCUT2D eigenvalue weighted by atomic mass is 10.3. The standard InChI is InChI=1S/C12H15NO5S/c13-12(14)4-5-19(15,16)11-3-1-2-9(6-11)17-7-10-8-18-10/h1-3,6,10H,4-5,7-8H2,(H2,13,14)/t10-/m1/s1. The quantitative estimate of drug-likeness (QED) is 0.717. The van der Waals surface area contributed by atoms with Crippen LogP contribution in [0, 0.1) is 0 Å². The van der Waals surface area contributed by atoms with Crippen molar-refractivity contribution in [1.82, 2.24) is 0 Å². The number of primary amides is 1. The first-order chi connectivity index (χ1) is 8.97. The molecule has 0 aliphatic carbocycles. The Balaban J connectivity index is 2.05. The summed E-state index contributed by atoms with van der Waals surface area (Å²) in [5, 5.41) is 0. The van der Waals surface area contributed by atoms with Crippen LogP contribution in [0.3, 0.4) is 0 Å². The maximum atomic E-state index is 12.0. The van der Waals surface area contributed by atoms with E-state index < -0.39 is 15.7 Å². The highest BCUT2D eigenvalue weighted by Gasteiger charge is 2.23. The molecule has 0 unspecified atom stereocenters. The Morgan fingerprint density at radius 1 is 1.47 bits per heavy atom. The van der Waals surface area contributed by atoms with Crippen molar-refractivity contribution in [1.29, 1.82) is 0 Å². The van der Waals surface area contributed by atoms with Crippen molar-refractivity contribution in [3.05, 3.63) is 24.3 Å². The summed E-state index contributed by atoms with van der Waals surface area (Å²) in [5.74, 6) is -0.463. The Bertz CT molecular complexity index is 565. The summed E-state index contributed by atoms with van der Waals surface area (Å²) < 4.78 is 34.3. The number of nitrogens with two attached hydrogens (primary N) is 1. The first-order valence-corrected chi connectivity index (χ1v) is 7.48. The molecule has 104 valence electrons. The number of sulfone groups is 1. The summed E-state index contributed by atoms with van der Waals surface area (Å²) >= 11 is 0. The van der Waals surface area contributed by atoms with Crippen molar-refractivity contribution >= 4 is 15.7 Å². The molecule has 6 nitrogen and oxygen atoms in total. The van der Waals surface area contributed by atoms with Crippen molar-refractivity contribution in [2.45, 2.75) is 17.4 Å². The number of epoxide rings is 1. The number of benzene rings is 1. The van der Waals surface area contributed by atoms with Crippen molar-refractivity contribution in [3.63, 3.8) is 0 Å². The van der Waals surface area contributed by atoms with E-state index in [0.29, 0.717) is 19.0 Å². The van der Waals surface area contributed by atoms with Gasteiger partial charge in [-0.1, -0.05) is 6.07 Å². The zero-order valence-corrected chi connectivity index (χ0v) is 11.1. The van der Waals surface area contributed by atoms with Crippen molar-refractivity contribution in [3.8, 4) is 5.75 Å². The maximum Gasteiger partial charge on any atom is 0.218 e. The molecule has 19 heavy (non-hydrogen) atoms. The predicted octanol–water partition coefficient (Wildman–Crippen LogP) is 0.113. The smallest absolute Gasteiger partial charge is 0.218 e. The lowest BCUT2D eigenvalue weighted by Crippen LogP contribution is -2.17. The molecule has 0 radical (unpaired) electrons. The average molecular weight is 285 g/mol. The van der Waals surface area contributed by atoms with Gasteiger partial charge in [0.25, 0.3) is 0 Å². The lowest BCUT2D eigenvalue weighted by Gasteiger charge is -2.07. The van der Waals surface area contributed by atoms with Gasteiger partial charge in [0.2, 0.25) is 5.91 Å². The Hall–Kier alpha value is -1.60. The van der Waals surface area contributed by atoms with Crippen LogP contribution >= 0.6 is 0 Å². The van der Waals surface area contributed by atoms with E-state index in [1.807, 2.05) is 0 Å². The van der Waals surface area contributed by atoms with Gasteiger partial charge < -0.3 is 15.2 Å². The minimum absolute atomic E-state index is 0.107. The lowest BCUT2D eigenvalue weighted by molar-refractivity contribution is -0.117. The molecular formula is C12H15NO5S. The van der Waals surface area contributed by atoms with Gasteiger partial charge in [-0.3, -0.25) is 4.79 Å². The zero-order chi connectivity index (χ0) is 13.9. The minimum Gasteiger partial charge on any atom is -0.491 e. The third kappa shape index (κ3) is 4.22. The summed E-state index contributed by atoms with van der Waals surface area (Å²) in [6, 6.07) is 6.19. The molecule has 1 fully saturated rings. The van der Waals surface area contributed by atoms with Gasteiger partial charge in [0.05, 0.1) is 17.3 Å². The van der Waals surface area contributed by atoms with Crippen LogP contribution in [0.5, 0.6) is 5.75 Å². The van der Waals surface area contributed by atoms with Gasteiger partial charge in [0.15, 0.2) is 9.84 Å². The van der Waals surface area contributed by atoms with Gasteiger partial charge in [-0.2, -0.15) is 0 Å². The van der Waals surface area contributed by atoms with Crippen molar-refractivity contribution in [2.24, 2.45) is 5.73 Å². The molecule has 7 heteroatoms. The number of carbonyl (C=O) groups is 1. The molecule has 0 bridgehead atoms. The normalized spacial score (nSPS) is 18.0. The molecule has 2 N–H and O–H groups in total. The molecule has 0 saturated carbocycles. The fourth-order valence-electron chi connectivity index (χ4n) is 1.46. The Morgan fingerprint density at radius 3 is 2.84 bits per heavy atom. The second kappa shape index (κ2) is 5.58. The zero-order valence-electron chi connectivity index (χ0n) is 10.2. The molecule has 0 spiro atoms. The van der Waals surface area contributed by atoms with Crippen LogP contribution in [0.15, 0.2) is 29.2 Å². The van der Waals surface area contributed by atoms with E-state index in [-0.39, 0.29) is 23.2 Å². The molecule has 2 rings (SSSR count). The molecular weight excluding hydrogens is 270 g/mol. The Labute approximate surface area is 111 Å². The van der Waals surface area contributed by atoms with Crippen LogP contribution in [0.4, 0.5) is 0 Å². The molecule has 1 heterocycles. The van der Waals surface area contributed by atoms with Gasteiger partial charge in [0, 0.05) is 6.42 Å². The molecule has 1 aromatic carbocycles. The van der Waals surface area contributed by atoms with Crippen LogP contribution in [0.1, 0.15) is 6.42 Å². The van der Waals surface area contributed by atoms with Crippen LogP contribution in [0.25, 0.3) is 0 Å². The van der Waals surface area contributed by atoms with Crippen LogP contribution in [-0.2, 0) is 19.4 Å². The highest BCUT2D eigenvalue weighted by atomic mass is 32.2. The van der Waals surface area contributed by atoms with E-state index >= 15 is 0 Å². The molecule has 1 atom stereocenters. The number of hydrogen-bond donors (Lipinski definition) is 1. The highest BCUT2D eigenvalue weighted by Crippen LogP contribution is 2.20. The van der Waals surface area contributed by atoms with Gasteiger partial charge in [-0.15, -0.1) is 0 Å². The Morgan fingerprint density at radius 2 is 2.21 bits per heavy atom. The first-order valence-electron chi connectivity index (χ1n) is 5.83. The topological polar surface area (TPSA) is 99.0 Å². The second-order valence-electron chi connectivity index (χ2n) is 4.28. The third-order valence-corrected chi connectivity index (χ3v) is 4.33. The van der Waals surface area contributed by atoms with Gasteiger partial charge in [-0.05, 0) is 18.2 Å². The number of carbonyl (C=O) groups excluding carboxylic acids is 1. The molecule has 1 amide bonds. The van der Waals surface area contributed by atoms with Gasteiger partial charge >= 0.3 is 0 Å². The maximum absolute atomic E-state index is 12.0. The van der Waals surface area contributed by atoms with Gasteiger partial charge in [-0.25, -0.2) is 8.42 Å². The van der Waals surface area contributed by atoms with Crippen LogP contribution in [-0.4, -0.2) is 39.4 Å². The van der Waals surface area contributed by atoms with E-state index in [1.165, 1.54) is 12.1 Å². The molecule has 0 aromatic heterocycles. The van der Waals surface area contributed by atoms with Gasteiger partial charge in [0.1, 0.15) is 18.5 Å².